The summed E-state index contributed by atoms with van der Waals surface area (Å²) in [5.41, 5.74) is 7.52. The van der Waals surface area contributed by atoms with E-state index in [9.17, 15) is 0 Å². The summed E-state index contributed by atoms with van der Waals surface area (Å²) >= 11 is 10.3. The van der Waals surface area contributed by atoms with Crippen LogP contribution in [0.2, 0.25) is 0 Å². The Morgan fingerprint density at radius 2 is 1.67 bits per heavy atom. The number of nitrogens with two attached hydrogens (primary N) is 1. The van der Waals surface area contributed by atoms with Crippen molar-refractivity contribution >= 4 is 53.5 Å². The molecule has 5 heteroatoms. The van der Waals surface area contributed by atoms with E-state index < -0.39 is 0 Å². The van der Waals surface area contributed by atoms with Crippen molar-refractivity contribution in [1.82, 2.24) is 0 Å². The average Bonchev–Trinajstić information content (AvgIpc) is 2.27. The van der Waals surface area contributed by atoms with Gasteiger partial charge in [-0.1, -0.05) is 22.0 Å². The summed E-state index contributed by atoms with van der Waals surface area (Å²) in [7, 11) is 0. The van der Waals surface area contributed by atoms with Gasteiger partial charge >= 0.3 is 0 Å². The minimum absolute atomic E-state index is 0.463. The zero-order valence-electron chi connectivity index (χ0n) is 9.29. The fourth-order valence-electron chi connectivity index (χ4n) is 1.53. The van der Waals surface area contributed by atoms with Crippen molar-refractivity contribution in [2.75, 3.05) is 5.73 Å². The highest BCUT2D eigenvalue weighted by Crippen LogP contribution is 2.33. The van der Waals surface area contributed by atoms with Gasteiger partial charge in [0.25, 0.3) is 0 Å². The highest BCUT2D eigenvalue weighted by Gasteiger charge is 2.06. The third-order valence-corrected chi connectivity index (χ3v) is 3.99. The van der Waals surface area contributed by atoms with Gasteiger partial charge in [-0.25, -0.2) is 0 Å². The lowest BCUT2D eigenvalue weighted by Gasteiger charge is -2.10. The Kier molecular flexibility index (Phi) is 4.70. The van der Waals surface area contributed by atoms with Gasteiger partial charge in [-0.15, -0.1) is 0 Å². The maximum atomic E-state index is 5.79. The van der Waals surface area contributed by atoms with E-state index >= 15 is 0 Å². The molecule has 2 aromatic rings. The molecule has 0 bridgehead atoms. The van der Waals surface area contributed by atoms with Gasteiger partial charge in [0.1, 0.15) is 12.4 Å². The molecule has 0 amide bonds. The summed E-state index contributed by atoms with van der Waals surface area (Å²) in [6.45, 7) is 0.463. The van der Waals surface area contributed by atoms with Crippen molar-refractivity contribution < 1.29 is 4.74 Å². The van der Waals surface area contributed by atoms with Crippen molar-refractivity contribution in [1.29, 1.82) is 0 Å². The van der Waals surface area contributed by atoms with Crippen LogP contribution in [0.4, 0.5) is 5.69 Å². The van der Waals surface area contributed by atoms with Crippen LogP contribution in [0.15, 0.2) is 49.8 Å². The second-order valence-electron chi connectivity index (χ2n) is 3.73. The Balaban J connectivity index is 2.16. The van der Waals surface area contributed by atoms with E-state index in [1.54, 1.807) is 0 Å². The first-order chi connectivity index (χ1) is 8.56. The van der Waals surface area contributed by atoms with Crippen LogP contribution < -0.4 is 10.5 Å². The number of para-hydroxylation sites is 1. The maximum Gasteiger partial charge on any atom is 0.148 e. The number of benzene rings is 2. The first-order valence-corrected chi connectivity index (χ1v) is 7.56. The fraction of sp³-hybridized carbons (Fsp3) is 0.0769. The van der Waals surface area contributed by atoms with Crippen molar-refractivity contribution in [2.24, 2.45) is 0 Å². The zero-order chi connectivity index (χ0) is 13.1. The van der Waals surface area contributed by atoms with E-state index in [1.807, 2.05) is 36.4 Å². The van der Waals surface area contributed by atoms with Gasteiger partial charge in [0.15, 0.2) is 0 Å². The van der Waals surface area contributed by atoms with E-state index in [-0.39, 0.29) is 0 Å². The molecule has 0 unspecified atom stereocenters. The smallest absolute Gasteiger partial charge is 0.148 e. The normalized spacial score (nSPS) is 10.4. The van der Waals surface area contributed by atoms with E-state index in [0.717, 1.165) is 24.7 Å². The fourth-order valence-corrected chi connectivity index (χ4v) is 3.32. The van der Waals surface area contributed by atoms with Crippen molar-refractivity contribution in [2.45, 2.75) is 6.61 Å². The first kappa shape index (κ1) is 13.9. The molecule has 2 nitrogen and oxygen atoms in total. The lowest BCUT2D eigenvalue weighted by molar-refractivity contribution is 0.302. The van der Waals surface area contributed by atoms with Gasteiger partial charge in [-0.05, 0) is 67.8 Å². The Labute approximate surface area is 131 Å². The van der Waals surface area contributed by atoms with Crippen molar-refractivity contribution in [3.8, 4) is 5.75 Å². The summed E-state index contributed by atoms with van der Waals surface area (Å²) in [6.07, 6.45) is 0. The topological polar surface area (TPSA) is 35.2 Å². The lowest BCUT2D eigenvalue weighted by atomic mass is 10.2. The molecule has 2 rings (SSSR count). The molecule has 0 heterocycles. The van der Waals surface area contributed by atoms with Crippen molar-refractivity contribution in [3.05, 3.63) is 55.4 Å². The summed E-state index contributed by atoms with van der Waals surface area (Å²) in [6, 6.07) is 11.6. The number of rotatable bonds is 3. The predicted molar refractivity (Wildman–Crippen MR) is 84.7 cm³/mol. The SMILES string of the molecule is Nc1cc(Br)cc(COc2c(Br)cccc2Br)c1. The second-order valence-corrected chi connectivity index (χ2v) is 6.36. The molecule has 2 aromatic carbocycles. The molecule has 94 valence electrons. The van der Waals surface area contributed by atoms with Crippen molar-refractivity contribution in [3.63, 3.8) is 0 Å². The van der Waals surface area contributed by atoms with Crippen LogP contribution in [-0.2, 0) is 6.61 Å². The van der Waals surface area contributed by atoms with Crippen LogP contribution in [0.25, 0.3) is 0 Å². The molecule has 0 aliphatic rings. The predicted octanol–water partition coefficient (Wildman–Crippen LogP) is 5.14. The van der Waals surface area contributed by atoms with E-state index in [4.69, 9.17) is 10.5 Å². The van der Waals surface area contributed by atoms with E-state index in [1.165, 1.54) is 0 Å². The molecular formula is C13H10Br3NO. The minimum Gasteiger partial charge on any atom is -0.487 e. The van der Waals surface area contributed by atoms with Crippen LogP contribution in [0.3, 0.4) is 0 Å². The molecule has 2 N–H and O–H groups in total. The Morgan fingerprint density at radius 1 is 1.00 bits per heavy atom. The van der Waals surface area contributed by atoms with Gasteiger partial charge in [0.2, 0.25) is 0 Å². The summed E-state index contributed by atoms with van der Waals surface area (Å²) in [5, 5.41) is 0. The van der Waals surface area contributed by atoms with Gasteiger partial charge in [-0.3, -0.25) is 0 Å². The molecule has 0 aliphatic heterocycles. The maximum absolute atomic E-state index is 5.79. The molecule has 0 aliphatic carbocycles. The van der Waals surface area contributed by atoms with Crippen LogP contribution in [0.5, 0.6) is 5.75 Å². The molecule has 0 saturated carbocycles. The molecule has 0 saturated heterocycles. The first-order valence-electron chi connectivity index (χ1n) is 5.18. The van der Waals surface area contributed by atoms with Crippen LogP contribution >= 0.6 is 47.8 Å². The second kappa shape index (κ2) is 6.08. The third kappa shape index (κ3) is 3.49. The summed E-state index contributed by atoms with van der Waals surface area (Å²) in [4.78, 5) is 0. The van der Waals surface area contributed by atoms with Gasteiger partial charge in [0, 0.05) is 10.2 Å². The number of halogens is 3. The van der Waals surface area contributed by atoms with Crippen LogP contribution in [0.1, 0.15) is 5.56 Å². The molecular weight excluding hydrogens is 426 g/mol. The molecule has 0 spiro atoms. The summed E-state index contributed by atoms with van der Waals surface area (Å²) in [5.74, 6) is 0.788. The quantitative estimate of drug-likeness (QED) is 0.678. The number of nitrogen functional groups attached to an aromatic ring is 1. The largest absolute Gasteiger partial charge is 0.487 e. The Bertz CT molecular complexity index is 532. The Hall–Kier alpha value is -0.520. The Morgan fingerprint density at radius 3 is 2.28 bits per heavy atom. The molecule has 0 radical (unpaired) electrons. The highest BCUT2D eigenvalue weighted by atomic mass is 79.9. The van der Waals surface area contributed by atoms with E-state index in [0.29, 0.717) is 12.3 Å². The number of anilines is 1. The molecule has 0 aromatic heterocycles. The molecule has 0 fully saturated rings. The lowest BCUT2D eigenvalue weighted by Crippen LogP contribution is -1.98. The summed E-state index contributed by atoms with van der Waals surface area (Å²) < 4.78 is 8.58. The number of hydrogen-bond donors (Lipinski definition) is 1. The monoisotopic (exact) mass is 433 g/mol. The van der Waals surface area contributed by atoms with E-state index in [2.05, 4.69) is 47.8 Å². The standard InChI is InChI=1S/C13H10Br3NO/c14-9-4-8(5-10(17)6-9)7-18-13-11(15)2-1-3-12(13)16/h1-6H,7,17H2. The van der Waals surface area contributed by atoms with Crippen LogP contribution in [0, 0.1) is 0 Å². The minimum atomic E-state index is 0.463. The zero-order valence-corrected chi connectivity index (χ0v) is 14.0. The third-order valence-electron chi connectivity index (χ3n) is 2.28. The van der Waals surface area contributed by atoms with Gasteiger partial charge in [0.05, 0.1) is 8.95 Å². The average molecular weight is 436 g/mol. The number of hydrogen-bond acceptors (Lipinski definition) is 2. The molecule has 0 atom stereocenters. The van der Waals surface area contributed by atoms with Gasteiger partial charge in [-0.2, -0.15) is 0 Å². The van der Waals surface area contributed by atoms with Gasteiger partial charge < -0.3 is 10.5 Å². The molecule has 18 heavy (non-hydrogen) atoms. The highest BCUT2D eigenvalue weighted by molar-refractivity contribution is 9.11. The van der Waals surface area contributed by atoms with Crippen LogP contribution in [-0.4, -0.2) is 0 Å². The number of ether oxygens (including phenoxy) is 1.